The van der Waals surface area contributed by atoms with E-state index in [-0.39, 0.29) is 54.3 Å². The summed E-state index contributed by atoms with van der Waals surface area (Å²) in [6, 6.07) is 4.22. The van der Waals surface area contributed by atoms with Gasteiger partial charge >= 0.3 is 0 Å². The molecular formula is C16H22ClFN2O3. The number of benzene rings is 1. The lowest BCUT2D eigenvalue weighted by molar-refractivity contribution is -0.133. The lowest BCUT2D eigenvalue weighted by atomic mass is 10.1. The number of ketones is 1. The van der Waals surface area contributed by atoms with Crippen LogP contribution in [-0.4, -0.2) is 49.4 Å². The van der Waals surface area contributed by atoms with Crippen molar-refractivity contribution in [2.45, 2.75) is 25.8 Å². The number of rotatable bonds is 5. The molecule has 2 rings (SSSR count). The third kappa shape index (κ3) is 4.91. The predicted octanol–water partition coefficient (Wildman–Crippen LogP) is 2.04. The van der Waals surface area contributed by atoms with E-state index in [9.17, 15) is 14.0 Å². The maximum atomic E-state index is 13.6. The fourth-order valence-electron chi connectivity index (χ4n) is 2.56. The SMILES string of the molecule is COc1ccc(C(=O)CCC(=O)N2CCNC[C@H]2C)cc1F.Cl. The minimum atomic E-state index is -0.574. The average Bonchev–Trinajstić information content (AvgIpc) is 2.52. The van der Waals surface area contributed by atoms with Crippen LogP contribution in [0.4, 0.5) is 4.39 Å². The molecule has 1 aromatic rings. The van der Waals surface area contributed by atoms with Crippen LogP contribution in [-0.2, 0) is 4.79 Å². The molecule has 1 N–H and O–H groups in total. The zero-order valence-electron chi connectivity index (χ0n) is 13.3. The molecule has 7 heteroatoms. The molecule has 5 nitrogen and oxygen atoms in total. The van der Waals surface area contributed by atoms with Crippen LogP contribution >= 0.6 is 12.4 Å². The molecule has 23 heavy (non-hydrogen) atoms. The Morgan fingerprint density at radius 2 is 2.13 bits per heavy atom. The minimum absolute atomic E-state index is 0. The molecule has 0 aliphatic carbocycles. The van der Waals surface area contributed by atoms with E-state index in [0.717, 1.165) is 19.2 Å². The molecule has 0 bridgehead atoms. The van der Waals surface area contributed by atoms with E-state index < -0.39 is 5.82 Å². The molecule has 1 fully saturated rings. The quantitative estimate of drug-likeness (QED) is 0.830. The van der Waals surface area contributed by atoms with E-state index in [2.05, 4.69) is 5.32 Å². The molecule has 0 unspecified atom stereocenters. The van der Waals surface area contributed by atoms with Gasteiger partial charge in [-0.05, 0) is 25.1 Å². The number of halogens is 2. The predicted molar refractivity (Wildman–Crippen MR) is 87.8 cm³/mol. The van der Waals surface area contributed by atoms with Crippen molar-refractivity contribution in [2.75, 3.05) is 26.7 Å². The number of piperazine rings is 1. The number of hydrogen-bond acceptors (Lipinski definition) is 4. The van der Waals surface area contributed by atoms with Gasteiger partial charge in [-0.3, -0.25) is 9.59 Å². The summed E-state index contributed by atoms with van der Waals surface area (Å²) in [5.74, 6) is -0.744. The number of methoxy groups -OCH3 is 1. The highest BCUT2D eigenvalue weighted by Gasteiger charge is 2.23. The summed E-state index contributed by atoms with van der Waals surface area (Å²) in [5.41, 5.74) is 0.263. The molecule has 1 atom stereocenters. The third-order valence-electron chi connectivity index (χ3n) is 3.86. The van der Waals surface area contributed by atoms with Crippen molar-refractivity contribution >= 4 is 24.1 Å². The van der Waals surface area contributed by atoms with Crippen molar-refractivity contribution in [3.05, 3.63) is 29.6 Å². The van der Waals surface area contributed by atoms with Crippen molar-refractivity contribution in [3.8, 4) is 5.75 Å². The molecule has 1 aliphatic heterocycles. The minimum Gasteiger partial charge on any atom is -0.494 e. The van der Waals surface area contributed by atoms with Gasteiger partial charge < -0.3 is 15.0 Å². The molecule has 1 amide bonds. The van der Waals surface area contributed by atoms with Crippen molar-refractivity contribution in [1.82, 2.24) is 10.2 Å². The first-order valence-electron chi connectivity index (χ1n) is 7.40. The highest BCUT2D eigenvalue weighted by atomic mass is 35.5. The molecule has 0 spiro atoms. The second-order valence-electron chi connectivity index (χ2n) is 5.41. The number of Topliss-reactive ketones (excluding diaryl/α,β-unsaturated/α-hetero) is 1. The number of ether oxygens (including phenoxy) is 1. The van der Waals surface area contributed by atoms with Gasteiger partial charge in [-0.15, -0.1) is 12.4 Å². The van der Waals surface area contributed by atoms with E-state index in [4.69, 9.17) is 4.74 Å². The number of carbonyl (C=O) groups excluding carboxylic acids is 2. The summed E-state index contributed by atoms with van der Waals surface area (Å²) in [6.45, 7) is 4.17. The van der Waals surface area contributed by atoms with Crippen molar-refractivity contribution in [3.63, 3.8) is 0 Å². The average molecular weight is 345 g/mol. The lowest BCUT2D eigenvalue weighted by Crippen LogP contribution is -2.52. The number of amides is 1. The molecule has 0 radical (unpaired) electrons. The van der Waals surface area contributed by atoms with Crippen molar-refractivity contribution in [1.29, 1.82) is 0 Å². The van der Waals surface area contributed by atoms with E-state index in [1.807, 2.05) is 6.92 Å². The maximum Gasteiger partial charge on any atom is 0.223 e. The smallest absolute Gasteiger partial charge is 0.223 e. The van der Waals surface area contributed by atoms with Gasteiger partial charge in [-0.25, -0.2) is 4.39 Å². The topological polar surface area (TPSA) is 58.6 Å². The maximum absolute atomic E-state index is 13.6. The molecule has 0 aromatic heterocycles. The van der Waals surface area contributed by atoms with Gasteiger partial charge in [0.15, 0.2) is 17.3 Å². The first-order valence-corrected chi connectivity index (χ1v) is 7.40. The van der Waals surface area contributed by atoms with Crippen LogP contribution in [0.5, 0.6) is 5.75 Å². The van der Waals surface area contributed by atoms with E-state index in [1.165, 1.54) is 19.2 Å². The van der Waals surface area contributed by atoms with Gasteiger partial charge in [0.05, 0.1) is 7.11 Å². The highest BCUT2D eigenvalue weighted by Crippen LogP contribution is 2.19. The Bertz CT molecular complexity index is 568. The molecular weight excluding hydrogens is 323 g/mol. The van der Waals surface area contributed by atoms with Crippen LogP contribution in [0.25, 0.3) is 0 Å². The van der Waals surface area contributed by atoms with E-state index >= 15 is 0 Å². The Balaban J connectivity index is 0.00000264. The summed E-state index contributed by atoms with van der Waals surface area (Å²) in [6.07, 6.45) is 0.234. The summed E-state index contributed by atoms with van der Waals surface area (Å²) < 4.78 is 18.4. The van der Waals surface area contributed by atoms with Gasteiger partial charge in [0.2, 0.25) is 5.91 Å². The van der Waals surface area contributed by atoms with Crippen LogP contribution in [0.1, 0.15) is 30.1 Å². The van der Waals surface area contributed by atoms with Gasteiger partial charge in [-0.2, -0.15) is 0 Å². The third-order valence-corrected chi connectivity index (χ3v) is 3.86. The second kappa shape index (κ2) is 8.84. The monoisotopic (exact) mass is 344 g/mol. The Labute approximate surface area is 141 Å². The second-order valence-corrected chi connectivity index (χ2v) is 5.41. The van der Waals surface area contributed by atoms with Gasteiger partial charge in [0, 0.05) is 44.1 Å². The van der Waals surface area contributed by atoms with E-state index in [1.54, 1.807) is 4.90 Å². The van der Waals surface area contributed by atoms with Crippen LogP contribution in [0, 0.1) is 5.82 Å². The molecule has 1 saturated heterocycles. The van der Waals surface area contributed by atoms with Crippen LogP contribution in [0.3, 0.4) is 0 Å². The Morgan fingerprint density at radius 1 is 1.39 bits per heavy atom. The van der Waals surface area contributed by atoms with Gasteiger partial charge in [0.25, 0.3) is 0 Å². The van der Waals surface area contributed by atoms with Gasteiger partial charge in [0.1, 0.15) is 0 Å². The first kappa shape index (κ1) is 19.4. The Morgan fingerprint density at radius 3 is 2.74 bits per heavy atom. The van der Waals surface area contributed by atoms with Crippen LogP contribution in [0.15, 0.2) is 18.2 Å². The Hall–Kier alpha value is -1.66. The molecule has 0 saturated carbocycles. The Kier molecular flexibility index (Phi) is 7.45. The number of carbonyl (C=O) groups is 2. The molecule has 1 aromatic carbocycles. The zero-order valence-corrected chi connectivity index (χ0v) is 14.1. The summed E-state index contributed by atoms with van der Waals surface area (Å²) >= 11 is 0. The summed E-state index contributed by atoms with van der Waals surface area (Å²) in [7, 11) is 1.37. The summed E-state index contributed by atoms with van der Waals surface area (Å²) in [5, 5.41) is 3.21. The van der Waals surface area contributed by atoms with Gasteiger partial charge in [-0.1, -0.05) is 0 Å². The van der Waals surface area contributed by atoms with Crippen molar-refractivity contribution < 1.29 is 18.7 Å². The lowest BCUT2D eigenvalue weighted by Gasteiger charge is -2.34. The summed E-state index contributed by atoms with van der Waals surface area (Å²) in [4.78, 5) is 26.0. The fourth-order valence-corrected chi connectivity index (χ4v) is 2.56. The molecule has 128 valence electrons. The normalized spacial score (nSPS) is 17.3. The first-order chi connectivity index (χ1) is 10.5. The standard InChI is InChI=1S/C16H21FN2O3.ClH/c1-11-10-18-7-8-19(11)16(21)6-4-14(20)12-3-5-15(22-2)13(17)9-12;/h3,5,9,11,18H,4,6-8,10H2,1-2H3;1H/t11-;/m1./s1. The van der Waals surface area contributed by atoms with Crippen molar-refractivity contribution in [2.24, 2.45) is 0 Å². The largest absolute Gasteiger partial charge is 0.494 e. The highest BCUT2D eigenvalue weighted by molar-refractivity contribution is 5.98. The van der Waals surface area contributed by atoms with E-state index in [0.29, 0.717) is 6.54 Å². The molecule has 1 heterocycles. The fraction of sp³-hybridized carbons (Fsp3) is 0.500. The molecule has 1 aliphatic rings. The van der Waals surface area contributed by atoms with Crippen LogP contribution in [0.2, 0.25) is 0 Å². The zero-order chi connectivity index (χ0) is 16.1. The number of hydrogen-bond donors (Lipinski definition) is 1. The number of nitrogens with one attached hydrogen (secondary N) is 1. The number of nitrogens with zero attached hydrogens (tertiary/aromatic N) is 1. The van der Waals surface area contributed by atoms with Crippen LogP contribution < -0.4 is 10.1 Å².